The van der Waals surface area contributed by atoms with Crippen molar-refractivity contribution < 1.29 is 14.3 Å². The molecule has 0 saturated carbocycles. The third kappa shape index (κ3) is 2.76. The third-order valence-electron chi connectivity index (χ3n) is 3.33. The number of morpholine rings is 1. The second-order valence-electron chi connectivity index (χ2n) is 4.52. The van der Waals surface area contributed by atoms with Crippen LogP contribution in [0, 0.1) is 5.92 Å². The second kappa shape index (κ2) is 5.46. The highest BCUT2D eigenvalue weighted by atomic mass is 16.5. The van der Waals surface area contributed by atoms with Crippen LogP contribution in [0.3, 0.4) is 0 Å². The molecule has 0 bridgehead atoms. The molecule has 2 heterocycles. The molecule has 1 unspecified atom stereocenters. The molecule has 96 valence electrons. The summed E-state index contributed by atoms with van der Waals surface area (Å²) in [5.41, 5.74) is 0. The molecule has 0 spiro atoms. The minimum Gasteiger partial charge on any atom is -0.377 e. The molecule has 2 aliphatic heterocycles. The SMILES string of the molecule is CNC(=O)C1COCCN1C(=O)CC1CNC1. The summed E-state index contributed by atoms with van der Waals surface area (Å²) in [6.45, 7) is 3.13. The Labute approximate surface area is 101 Å². The molecule has 6 nitrogen and oxygen atoms in total. The Balaban J connectivity index is 1.94. The van der Waals surface area contributed by atoms with Crippen molar-refractivity contribution in [2.24, 2.45) is 5.92 Å². The van der Waals surface area contributed by atoms with E-state index in [2.05, 4.69) is 10.6 Å². The number of likely N-dealkylation sites (N-methyl/N-ethyl adjacent to an activating group) is 1. The van der Waals surface area contributed by atoms with Gasteiger partial charge in [0.1, 0.15) is 6.04 Å². The summed E-state index contributed by atoms with van der Waals surface area (Å²) in [5.74, 6) is 0.342. The van der Waals surface area contributed by atoms with Crippen molar-refractivity contribution >= 4 is 11.8 Å². The number of nitrogens with one attached hydrogen (secondary N) is 2. The Kier molecular flexibility index (Phi) is 3.96. The Morgan fingerprint density at radius 3 is 2.82 bits per heavy atom. The van der Waals surface area contributed by atoms with E-state index in [1.54, 1.807) is 11.9 Å². The molecule has 17 heavy (non-hydrogen) atoms. The largest absolute Gasteiger partial charge is 0.377 e. The highest BCUT2D eigenvalue weighted by Crippen LogP contribution is 2.15. The second-order valence-corrected chi connectivity index (χ2v) is 4.52. The summed E-state index contributed by atoms with van der Waals surface area (Å²) in [7, 11) is 1.58. The van der Waals surface area contributed by atoms with Crippen molar-refractivity contribution in [1.82, 2.24) is 15.5 Å². The van der Waals surface area contributed by atoms with Crippen molar-refractivity contribution in [3.63, 3.8) is 0 Å². The van der Waals surface area contributed by atoms with E-state index in [1.165, 1.54) is 0 Å². The van der Waals surface area contributed by atoms with Gasteiger partial charge >= 0.3 is 0 Å². The van der Waals surface area contributed by atoms with E-state index in [1.807, 2.05) is 0 Å². The van der Waals surface area contributed by atoms with Gasteiger partial charge in [0.2, 0.25) is 11.8 Å². The summed E-state index contributed by atoms with van der Waals surface area (Å²) in [6, 6.07) is -0.464. The summed E-state index contributed by atoms with van der Waals surface area (Å²) in [4.78, 5) is 25.4. The number of carbonyl (C=O) groups excluding carboxylic acids is 2. The van der Waals surface area contributed by atoms with Gasteiger partial charge in [-0.1, -0.05) is 0 Å². The quantitative estimate of drug-likeness (QED) is 0.635. The van der Waals surface area contributed by atoms with Gasteiger partial charge in [-0.25, -0.2) is 0 Å². The van der Waals surface area contributed by atoms with Crippen LogP contribution >= 0.6 is 0 Å². The van der Waals surface area contributed by atoms with Gasteiger partial charge in [-0.15, -0.1) is 0 Å². The van der Waals surface area contributed by atoms with E-state index in [0.717, 1.165) is 13.1 Å². The molecule has 0 aromatic rings. The van der Waals surface area contributed by atoms with Crippen molar-refractivity contribution in [1.29, 1.82) is 0 Å². The highest BCUT2D eigenvalue weighted by Gasteiger charge is 2.33. The lowest BCUT2D eigenvalue weighted by Crippen LogP contribution is -2.56. The van der Waals surface area contributed by atoms with Gasteiger partial charge in [0.05, 0.1) is 13.2 Å². The van der Waals surface area contributed by atoms with Crippen molar-refractivity contribution in [2.75, 3.05) is 39.9 Å². The number of hydrogen-bond acceptors (Lipinski definition) is 4. The van der Waals surface area contributed by atoms with E-state index < -0.39 is 6.04 Å². The van der Waals surface area contributed by atoms with Crippen molar-refractivity contribution in [2.45, 2.75) is 12.5 Å². The van der Waals surface area contributed by atoms with Gasteiger partial charge in [-0.05, 0) is 19.0 Å². The third-order valence-corrected chi connectivity index (χ3v) is 3.33. The zero-order chi connectivity index (χ0) is 12.3. The molecule has 0 aliphatic carbocycles. The maximum atomic E-state index is 12.1. The first kappa shape index (κ1) is 12.3. The maximum absolute atomic E-state index is 12.1. The number of hydrogen-bond donors (Lipinski definition) is 2. The maximum Gasteiger partial charge on any atom is 0.244 e. The first-order valence-corrected chi connectivity index (χ1v) is 6.02. The Bertz CT molecular complexity index is 304. The predicted octanol–water partition coefficient (Wildman–Crippen LogP) is -1.43. The monoisotopic (exact) mass is 241 g/mol. The first-order chi connectivity index (χ1) is 8.22. The van der Waals surface area contributed by atoms with Crippen molar-refractivity contribution in [3.05, 3.63) is 0 Å². The van der Waals surface area contributed by atoms with Gasteiger partial charge in [-0.3, -0.25) is 9.59 Å². The number of amides is 2. The van der Waals surface area contributed by atoms with E-state index in [-0.39, 0.29) is 11.8 Å². The molecule has 2 N–H and O–H groups in total. The van der Waals surface area contributed by atoms with E-state index >= 15 is 0 Å². The molecule has 2 aliphatic rings. The normalized spacial score (nSPS) is 25.2. The summed E-state index contributed by atoms with van der Waals surface area (Å²) >= 11 is 0. The number of carbonyl (C=O) groups is 2. The van der Waals surface area contributed by atoms with Crippen LogP contribution in [0.15, 0.2) is 0 Å². The van der Waals surface area contributed by atoms with Gasteiger partial charge in [-0.2, -0.15) is 0 Å². The van der Waals surface area contributed by atoms with Crippen molar-refractivity contribution in [3.8, 4) is 0 Å². The Morgan fingerprint density at radius 2 is 2.24 bits per heavy atom. The molecule has 6 heteroatoms. The topological polar surface area (TPSA) is 70.7 Å². The first-order valence-electron chi connectivity index (χ1n) is 6.02. The lowest BCUT2D eigenvalue weighted by molar-refractivity contribution is -0.149. The highest BCUT2D eigenvalue weighted by molar-refractivity contribution is 5.88. The smallest absolute Gasteiger partial charge is 0.244 e. The zero-order valence-electron chi connectivity index (χ0n) is 10.1. The molecule has 0 aromatic carbocycles. The molecular formula is C11H19N3O3. The fraction of sp³-hybridized carbons (Fsp3) is 0.818. The lowest BCUT2D eigenvalue weighted by atomic mass is 9.98. The Hall–Kier alpha value is -1.14. The van der Waals surface area contributed by atoms with Crippen LogP contribution in [0.5, 0.6) is 0 Å². The van der Waals surface area contributed by atoms with Crippen LogP contribution in [0.1, 0.15) is 6.42 Å². The van der Waals surface area contributed by atoms with Crippen LogP contribution in [0.25, 0.3) is 0 Å². The van der Waals surface area contributed by atoms with Gasteiger partial charge in [0.15, 0.2) is 0 Å². The zero-order valence-corrected chi connectivity index (χ0v) is 10.1. The fourth-order valence-electron chi connectivity index (χ4n) is 2.14. The summed E-state index contributed by atoms with van der Waals surface area (Å²) < 4.78 is 5.26. The molecule has 2 fully saturated rings. The standard InChI is InChI=1S/C11H19N3O3/c1-12-11(16)9-7-17-3-2-14(9)10(15)4-8-5-13-6-8/h8-9,13H,2-7H2,1H3,(H,12,16). The number of ether oxygens (including phenoxy) is 1. The van der Waals surface area contributed by atoms with Crippen LogP contribution < -0.4 is 10.6 Å². The van der Waals surface area contributed by atoms with Gasteiger partial charge in [0, 0.05) is 20.0 Å². The number of rotatable bonds is 3. The van der Waals surface area contributed by atoms with Gasteiger partial charge < -0.3 is 20.3 Å². The molecule has 0 radical (unpaired) electrons. The molecule has 0 aromatic heterocycles. The molecule has 2 rings (SSSR count). The average Bonchev–Trinajstić information content (AvgIpc) is 2.32. The molecule has 1 atom stereocenters. The van der Waals surface area contributed by atoms with Gasteiger partial charge in [0.25, 0.3) is 0 Å². The van der Waals surface area contributed by atoms with Crippen LogP contribution in [0.4, 0.5) is 0 Å². The molecule has 2 amide bonds. The van der Waals surface area contributed by atoms with E-state index in [0.29, 0.717) is 32.1 Å². The van der Waals surface area contributed by atoms with E-state index in [9.17, 15) is 9.59 Å². The fourth-order valence-corrected chi connectivity index (χ4v) is 2.14. The predicted molar refractivity (Wildman–Crippen MR) is 61.4 cm³/mol. The average molecular weight is 241 g/mol. The Morgan fingerprint density at radius 1 is 1.47 bits per heavy atom. The molecular weight excluding hydrogens is 222 g/mol. The summed E-state index contributed by atoms with van der Waals surface area (Å²) in [5, 5.41) is 5.72. The minimum absolute atomic E-state index is 0.0633. The van der Waals surface area contributed by atoms with E-state index in [4.69, 9.17) is 4.74 Å². The van der Waals surface area contributed by atoms with Crippen LogP contribution in [0.2, 0.25) is 0 Å². The lowest BCUT2D eigenvalue weighted by Gasteiger charge is -2.36. The number of nitrogens with zero attached hydrogens (tertiary/aromatic N) is 1. The minimum atomic E-state index is -0.464. The van der Waals surface area contributed by atoms with Crippen LogP contribution in [-0.4, -0.2) is 62.7 Å². The van der Waals surface area contributed by atoms with Crippen LogP contribution in [-0.2, 0) is 14.3 Å². The molecule has 2 saturated heterocycles. The summed E-state index contributed by atoms with van der Waals surface area (Å²) in [6.07, 6.45) is 0.528.